The molecule has 6 rings (SSSR count). The van der Waals surface area contributed by atoms with Crippen LogP contribution in [0.3, 0.4) is 0 Å². The average molecular weight is 440 g/mol. The van der Waals surface area contributed by atoms with Gasteiger partial charge in [0.1, 0.15) is 17.5 Å². The van der Waals surface area contributed by atoms with Crippen molar-refractivity contribution < 1.29 is 0 Å². The number of hydrogen-bond acceptors (Lipinski definition) is 3. The van der Waals surface area contributed by atoms with Crippen molar-refractivity contribution in [2.75, 3.05) is 0 Å². The lowest BCUT2D eigenvalue weighted by molar-refractivity contribution is 0.767. The van der Waals surface area contributed by atoms with Gasteiger partial charge in [0.15, 0.2) is 0 Å². The maximum atomic E-state index is 4.64. The number of aryl methyl sites for hydroxylation is 2. The lowest BCUT2D eigenvalue weighted by Crippen LogP contribution is -2.28. The Morgan fingerprint density at radius 1 is 0.559 bits per heavy atom. The van der Waals surface area contributed by atoms with Gasteiger partial charge < -0.3 is 0 Å². The molecule has 0 fully saturated rings. The highest BCUT2D eigenvalue weighted by molar-refractivity contribution is 5.88. The van der Waals surface area contributed by atoms with Crippen molar-refractivity contribution >= 4 is 0 Å². The van der Waals surface area contributed by atoms with Gasteiger partial charge in [-0.25, -0.2) is 15.0 Å². The molecule has 0 radical (unpaired) electrons. The molecular weight excluding hydrogens is 414 g/mol. The van der Waals surface area contributed by atoms with Gasteiger partial charge in [0, 0.05) is 6.42 Å². The van der Waals surface area contributed by atoms with Crippen LogP contribution in [0.25, 0.3) is 11.1 Å². The third-order valence-corrected chi connectivity index (χ3v) is 6.82. The SMILES string of the molecule is Cc1nc(C)nc(Cc2cccc3c2-c2ccccc2C3(c2ccccc2)c2ccccc2)n1. The molecule has 0 saturated carbocycles. The highest BCUT2D eigenvalue weighted by atomic mass is 15.0. The Labute approximate surface area is 200 Å². The molecular formula is C31H25N3. The van der Waals surface area contributed by atoms with Crippen LogP contribution < -0.4 is 0 Å². The van der Waals surface area contributed by atoms with Gasteiger partial charge in [-0.3, -0.25) is 0 Å². The van der Waals surface area contributed by atoms with Gasteiger partial charge in [-0.15, -0.1) is 0 Å². The first-order valence-corrected chi connectivity index (χ1v) is 11.7. The van der Waals surface area contributed by atoms with E-state index in [9.17, 15) is 0 Å². The van der Waals surface area contributed by atoms with Crippen molar-refractivity contribution in [1.29, 1.82) is 0 Å². The van der Waals surface area contributed by atoms with Crippen molar-refractivity contribution in [1.82, 2.24) is 15.0 Å². The number of benzene rings is 4. The van der Waals surface area contributed by atoms with E-state index < -0.39 is 0 Å². The summed E-state index contributed by atoms with van der Waals surface area (Å²) in [4.78, 5) is 13.6. The Morgan fingerprint density at radius 3 is 1.76 bits per heavy atom. The fourth-order valence-corrected chi connectivity index (χ4v) is 5.65. The lowest BCUT2D eigenvalue weighted by atomic mass is 9.67. The summed E-state index contributed by atoms with van der Waals surface area (Å²) in [5.41, 5.74) is 8.61. The van der Waals surface area contributed by atoms with Crippen LogP contribution in [0.1, 0.15) is 45.3 Å². The number of aromatic nitrogens is 3. The van der Waals surface area contributed by atoms with Crippen LogP contribution in [0, 0.1) is 13.8 Å². The van der Waals surface area contributed by atoms with E-state index in [0.717, 1.165) is 17.5 Å². The van der Waals surface area contributed by atoms with Crippen molar-refractivity contribution in [3.8, 4) is 11.1 Å². The van der Waals surface area contributed by atoms with Crippen molar-refractivity contribution in [2.45, 2.75) is 25.7 Å². The van der Waals surface area contributed by atoms with E-state index in [4.69, 9.17) is 0 Å². The Bertz CT molecular complexity index is 1430. The summed E-state index contributed by atoms with van der Waals surface area (Å²) in [6.45, 7) is 3.86. The summed E-state index contributed by atoms with van der Waals surface area (Å²) in [7, 11) is 0. The normalized spacial score (nSPS) is 13.4. The van der Waals surface area contributed by atoms with E-state index in [-0.39, 0.29) is 5.41 Å². The van der Waals surface area contributed by atoms with Crippen LogP contribution in [0.5, 0.6) is 0 Å². The molecule has 0 amide bonds. The molecule has 0 aliphatic heterocycles. The second-order valence-electron chi connectivity index (χ2n) is 8.89. The summed E-state index contributed by atoms with van der Waals surface area (Å²) in [5, 5.41) is 0. The third-order valence-electron chi connectivity index (χ3n) is 6.82. The fourth-order valence-electron chi connectivity index (χ4n) is 5.65. The summed E-state index contributed by atoms with van der Waals surface area (Å²) in [6.07, 6.45) is 0.668. The molecule has 1 aromatic heterocycles. The van der Waals surface area contributed by atoms with E-state index >= 15 is 0 Å². The zero-order valence-electron chi connectivity index (χ0n) is 19.4. The first-order valence-electron chi connectivity index (χ1n) is 11.7. The minimum atomic E-state index is -0.380. The Morgan fingerprint density at radius 2 is 1.12 bits per heavy atom. The van der Waals surface area contributed by atoms with Crippen LogP contribution in [-0.4, -0.2) is 15.0 Å². The highest BCUT2D eigenvalue weighted by Crippen LogP contribution is 2.56. The quantitative estimate of drug-likeness (QED) is 0.317. The summed E-state index contributed by atoms with van der Waals surface area (Å²) < 4.78 is 0. The highest BCUT2D eigenvalue weighted by Gasteiger charge is 2.46. The molecule has 3 heteroatoms. The van der Waals surface area contributed by atoms with E-state index in [1.165, 1.54) is 38.9 Å². The maximum absolute atomic E-state index is 4.64. The Kier molecular flexibility index (Phi) is 4.84. The molecule has 3 nitrogen and oxygen atoms in total. The summed E-state index contributed by atoms with van der Waals surface area (Å²) >= 11 is 0. The largest absolute Gasteiger partial charge is 0.219 e. The molecule has 1 aliphatic rings. The van der Waals surface area contributed by atoms with Crippen LogP contribution in [0.15, 0.2) is 103 Å². The molecule has 4 aromatic carbocycles. The average Bonchev–Trinajstić information content (AvgIpc) is 3.17. The molecule has 0 atom stereocenters. The Balaban J connectivity index is 1.67. The smallest absolute Gasteiger partial charge is 0.136 e. The predicted molar refractivity (Wildman–Crippen MR) is 136 cm³/mol. The van der Waals surface area contributed by atoms with Crippen molar-refractivity contribution in [2.24, 2.45) is 0 Å². The van der Waals surface area contributed by atoms with Crippen LogP contribution in [-0.2, 0) is 11.8 Å². The number of fused-ring (bicyclic) bond motifs is 3. The van der Waals surface area contributed by atoms with Gasteiger partial charge in [0.25, 0.3) is 0 Å². The molecule has 1 aliphatic carbocycles. The Hall–Kier alpha value is -4.11. The van der Waals surface area contributed by atoms with Gasteiger partial charge in [-0.05, 0) is 52.8 Å². The van der Waals surface area contributed by atoms with Crippen LogP contribution >= 0.6 is 0 Å². The molecule has 0 unspecified atom stereocenters. The second-order valence-corrected chi connectivity index (χ2v) is 8.89. The molecule has 0 bridgehead atoms. The van der Waals surface area contributed by atoms with Crippen LogP contribution in [0.4, 0.5) is 0 Å². The number of rotatable bonds is 4. The zero-order chi connectivity index (χ0) is 23.1. The van der Waals surface area contributed by atoms with E-state index in [0.29, 0.717) is 6.42 Å². The standard InChI is InChI=1S/C31H25N3/c1-21-32-22(2)34-29(33-21)20-23-12-11-19-28-30(23)26-17-9-10-18-27(26)31(28,24-13-5-3-6-14-24)25-15-7-4-8-16-25/h3-19H,20H2,1-2H3. The molecule has 0 saturated heterocycles. The van der Waals surface area contributed by atoms with Gasteiger partial charge in [0.05, 0.1) is 5.41 Å². The molecule has 164 valence electrons. The third kappa shape index (κ3) is 3.08. The predicted octanol–water partition coefficient (Wildman–Crippen LogP) is 6.44. The van der Waals surface area contributed by atoms with E-state index in [1.807, 2.05) is 13.8 Å². The molecule has 0 N–H and O–H groups in total. The molecule has 5 aromatic rings. The zero-order valence-corrected chi connectivity index (χ0v) is 19.4. The summed E-state index contributed by atoms with van der Waals surface area (Å²) in [5.74, 6) is 2.34. The van der Waals surface area contributed by atoms with E-state index in [1.54, 1.807) is 0 Å². The fraction of sp³-hybridized carbons (Fsp3) is 0.129. The molecule has 1 heterocycles. The second kappa shape index (κ2) is 8.03. The number of hydrogen-bond donors (Lipinski definition) is 0. The van der Waals surface area contributed by atoms with Crippen LogP contribution in [0.2, 0.25) is 0 Å². The summed E-state index contributed by atoms with van der Waals surface area (Å²) in [6, 6.07) is 37.3. The lowest BCUT2D eigenvalue weighted by Gasteiger charge is -2.33. The number of nitrogens with zero attached hydrogens (tertiary/aromatic N) is 3. The molecule has 0 spiro atoms. The van der Waals surface area contributed by atoms with Crippen molar-refractivity contribution in [3.05, 3.63) is 148 Å². The minimum absolute atomic E-state index is 0.380. The van der Waals surface area contributed by atoms with Gasteiger partial charge in [0.2, 0.25) is 0 Å². The van der Waals surface area contributed by atoms with Gasteiger partial charge in [-0.2, -0.15) is 0 Å². The van der Waals surface area contributed by atoms with Gasteiger partial charge >= 0.3 is 0 Å². The minimum Gasteiger partial charge on any atom is -0.219 e. The first-order chi connectivity index (χ1) is 16.7. The topological polar surface area (TPSA) is 38.7 Å². The van der Waals surface area contributed by atoms with Crippen molar-refractivity contribution in [3.63, 3.8) is 0 Å². The molecule has 34 heavy (non-hydrogen) atoms. The maximum Gasteiger partial charge on any atom is 0.136 e. The monoisotopic (exact) mass is 439 g/mol. The van der Waals surface area contributed by atoms with Gasteiger partial charge in [-0.1, -0.05) is 103 Å². The first kappa shape index (κ1) is 20.5. The van der Waals surface area contributed by atoms with E-state index in [2.05, 4.69) is 118 Å².